The highest BCUT2D eigenvalue weighted by Gasteiger charge is 2.22. The molecule has 0 saturated carbocycles. The van der Waals surface area contributed by atoms with E-state index in [1.54, 1.807) is 7.11 Å². The second-order valence-corrected chi connectivity index (χ2v) is 6.07. The number of benzene rings is 1. The van der Waals surface area contributed by atoms with E-state index in [2.05, 4.69) is 66.3 Å². The first-order valence-electron chi connectivity index (χ1n) is 6.50. The molecule has 102 valence electrons. The van der Waals surface area contributed by atoms with E-state index in [1.807, 2.05) is 0 Å². The van der Waals surface area contributed by atoms with Crippen LogP contribution in [0.1, 0.15) is 32.8 Å². The summed E-state index contributed by atoms with van der Waals surface area (Å²) in [5.41, 5.74) is 1.25. The number of halogens is 1. The predicted octanol–water partition coefficient (Wildman–Crippen LogP) is 3.78. The third-order valence-corrected chi connectivity index (χ3v) is 3.98. The summed E-state index contributed by atoms with van der Waals surface area (Å²) < 4.78 is 6.71. The van der Waals surface area contributed by atoms with Crippen LogP contribution in [0.25, 0.3) is 0 Å². The van der Waals surface area contributed by atoms with Crippen molar-refractivity contribution in [3.05, 3.63) is 34.3 Å². The van der Waals surface area contributed by atoms with Crippen molar-refractivity contribution in [1.82, 2.24) is 5.32 Å². The third kappa shape index (κ3) is 5.09. The Labute approximate surface area is 119 Å². The summed E-state index contributed by atoms with van der Waals surface area (Å²) in [7, 11) is 1.78. The standard InChI is InChI=1S/C15H24BrNO/c1-5-17-13(11-15(2,3)18-4)10-12-8-6-7-9-14(12)16/h6-9,13,17H,5,10-11H2,1-4H3. The summed E-state index contributed by atoms with van der Waals surface area (Å²) in [5, 5.41) is 3.55. The summed E-state index contributed by atoms with van der Waals surface area (Å²) >= 11 is 3.61. The molecule has 0 saturated heterocycles. The average Bonchev–Trinajstić information content (AvgIpc) is 2.32. The molecule has 0 heterocycles. The Morgan fingerprint density at radius 3 is 2.56 bits per heavy atom. The van der Waals surface area contributed by atoms with Gasteiger partial charge in [0.05, 0.1) is 5.60 Å². The van der Waals surface area contributed by atoms with Gasteiger partial charge in [-0.05, 0) is 44.9 Å². The normalized spacial score (nSPS) is 13.6. The zero-order valence-electron chi connectivity index (χ0n) is 11.8. The maximum Gasteiger partial charge on any atom is 0.0637 e. The van der Waals surface area contributed by atoms with Crippen molar-refractivity contribution in [2.45, 2.75) is 45.3 Å². The zero-order chi connectivity index (χ0) is 13.6. The second kappa shape index (κ2) is 7.27. The fraction of sp³-hybridized carbons (Fsp3) is 0.600. The molecule has 2 nitrogen and oxygen atoms in total. The molecule has 0 aliphatic rings. The minimum absolute atomic E-state index is 0.0892. The molecule has 0 fully saturated rings. The molecule has 0 aliphatic carbocycles. The van der Waals surface area contributed by atoms with Crippen molar-refractivity contribution in [2.24, 2.45) is 0 Å². The lowest BCUT2D eigenvalue weighted by Crippen LogP contribution is -2.39. The average molecular weight is 314 g/mol. The molecule has 3 heteroatoms. The molecule has 0 radical (unpaired) electrons. The Morgan fingerprint density at radius 2 is 2.00 bits per heavy atom. The molecule has 0 aromatic heterocycles. The minimum Gasteiger partial charge on any atom is -0.379 e. The molecule has 0 spiro atoms. The lowest BCUT2D eigenvalue weighted by atomic mass is 9.94. The van der Waals surface area contributed by atoms with Crippen LogP contribution in [-0.2, 0) is 11.2 Å². The van der Waals surface area contributed by atoms with Crippen molar-refractivity contribution in [2.75, 3.05) is 13.7 Å². The van der Waals surface area contributed by atoms with Crippen LogP contribution in [0.4, 0.5) is 0 Å². The lowest BCUT2D eigenvalue weighted by Gasteiger charge is -2.29. The summed E-state index contributed by atoms with van der Waals surface area (Å²) in [6.07, 6.45) is 2.01. The van der Waals surface area contributed by atoms with Gasteiger partial charge in [0, 0.05) is 17.6 Å². The van der Waals surface area contributed by atoms with E-state index in [1.165, 1.54) is 10.0 Å². The molecule has 0 aliphatic heterocycles. The van der Waals surface area contributed by atoms with Crippen molar-refractivity contribution in [3.63, 3.8) is 0 Å². The largest absolute Gasteiger partial charge is 0.379 e. The van der Waals surface area contributed by atoms with E-state index in [4.69, 9.17) is 4.74 Å². The van der Waals surface area contributed by atoms with Crippen LogP contribution >= 0.6 is 15.9 Å². The SMILES string of the molecule is CCNC(Cc1ccccc1Br)CC(C)(C)OC. The third-order valence-electron chi connectivity index (χ3n) is 3.21. The van der Waals surface area contributed by atoms with Crippen LogP contribution in [0.5, 0.6) is 0 Å². The van der Waals surface area contributed by atoms with Gasteiger partial charge in [0.2, 0.25) is 0 Å². The van der Waals surface area contributed by atoms with Gasteiger partial charge in [0.15, 0.2) is 0 Å². The van der Waals surface area contributed by atoms with Gasteiger partial charge < -0.3 is 10.1 Å². The smallest absolute Gasteiger partial charge is 0.0637 e. The Bertz CT molecular complexity index is 365. The van der Waals surface area contributed by atoms with E-state index in [0.717, 1.165) is 19.4 Å². The Morgan fingerprint density at radius 1 is 1.33 bits per heavy atom. The summed E-state index contributed by atoms with van der Waals surface area (Å²) in [4.78, 5) is 0. The molecule has 0 bridgehead atoms. The Kier molecular flexibility index (Phi) is 6.33. The molecule has 1 aromatic carbocycles. The summed E-state index contributed by atoms with van der Waals surface area (Å²) in [5.74, 6) is 0. The molecule has 1 rings (SSSR count). The molecule has 1 unspecified atom stereocenters. The highest BCUT2D eigenvalue weighted by Crippen LogP contribution is 2.22. The molecule has 1 atom stereocenters. The van der Waals surface area contributed by atoms with Crippen molar-refractivity contribution >= 4 is 15.9 Å². The maximum atomic E-state index is 5.53. The van der Waals surface area contributed by atoms with Gasteiger partial charge in [-0.15, -0.1) is 0 Å². The van der Waals surface area contributed by atoms with Gasteiger partial charge in [0.25, 0.3) is 0 Å². The van der Waals surface area contributed by atoms with Crippen molar-refractivity contribution in [3.8, 4) is 0 Å². The van der Waals surface area contributed by atoms with Crippen LogP contribution in [-0.4, -0.2) is 25.3 Å². The van der Waals surface area contributed by atoms with E-state index in [9.17, 15) is 0 Å². The van der Waals surface area contributed by atoms with Gasteiger partial charge in [-0.3, -0.25) is 0 Å². The van der Waals surface area contributed by atoms with Crippen molar-refractivity contribution < 1.29 is 4.74 Å². The number of nitrogens with one attached hydrogen (secondary N) is 1. The van der Waals surface area contributed by atoms with Crippen LogP contribution in [0.3, 0.4) is 0 Å². The number of hydrogen-bond acceptors (Lipinski definition) is 2. The number of likely N-dealkylation sites (N-methyl/N-ethyl adjacent to an activating group) is 1. The molecular formula is C15H24BrNO. The topological polar surface area (TPSA) is 21.3 Å². The van der Waals surface area contributed by atoms with Gasteiger partial charge in [-0.25, -0.2) is 0 Å². The van der Waals surface area contributed by atoms with E-state index >= 15 is 0 Å². The maximum absolute atomic E-state index is 5.53. The molecule has 1 aromatic rings. The summed E-state index contributed by atoms with van der Waals surface area (Å²) in [6, 6.07) is 8.84. The fourth-order valence-corrected chi connectivity index (χ4v) is 2.56. The van der Waals surface area contributed by atoms with Crippen LogP contribution in [0.15, 0.2) is 28.7 Å². The van der Waals surface area contributed by atoms with E-state index in [-0.39, 0.29) is 5.60 Å². The molecule has 1 N–H and O–H groups in total. The molecular weight excluding hydrogens is 290 g/mol. The number of methoxy groups -OCH3 is 1. The zero-order valence-corrected chi connectivity index (χ0v) is 13.4. The number of ether oxygens (including phenoxy) is 1. The first-order chi connectivity index (χ1) is 8.48. The van der Waals surface area contributed by atoms with Gasteiger partial charge in [0.1, 0.15) is 0 Å². The van der Waals surface area contributed by atoms with Crippen molar-refractivity contribution in [1.29, 1.82) is 0 Å². The minimum atomic E-state index is -0.0892. The number of hydrogen-bond donors (Lipinski definition) is 1. The summed E-state index contributed by atoms with van der Waals surface area (Å²) in [6.45, 7) is 7.40. The highest BCUT2D eigenvalue weighted by atomic mass is 79.9. The van der Waals surface area contributed by atoms with Gasteiger partial charge in [-0.2, -0.15) is 0 Å². The second-order valence-electron chi connectivity index (χ2n) is 5.22. The number of rotatable bonds is 7. The fourth-order valence-electron chi connectivity index (χ4n) is 2.11. The van der Waals surface area contributed by atoms with Crippen LogP contribution in [0.2, 0.25) is 0 Å². The van der Waals surface area contributed by atoms with Gasteiger partial charge in [-0.1, -0.05) is 41.1 Å². The Balaban J connectivity index is 2.72. The van der Waals surface area contributed by atoms with E-state index < -0.39 is 0 Å². The molecule has 0 amide bonds. The lowest BCUT2D eigenvalue weighted by molar-refractivity contribution is 0.00725. The van der Waals surface area contributed by atoms with E-state index in [0.29, 0.717) is 6.04 Å². The molecule has 18 heavy (non-hydrogen) atoms. The quantitative estimate of drug-likeness (QED) is 0.827. The highest BCUT2D eigenvalue weighted by molar-refractivity contribution is 9.10. The predicted molar refractivity (Wildman–Crippen MR) is 81.0 cm³/mol. The van der Waals surface area contributed by atoms with Crippen LogP contribution < -0.4 is 5.32 Å². The monoisotopic (exact) mass is 313 g/mol. The van der Waals surface area contributed by atoms with Crippen LogP contribution in [0, 0.1) is 0 Å². The Hall–Kier alpha value is -0.380. The first-order valence-corrected chi connectivity index (χ1v) is 7.29. The first kappa shape index (κ1) is 15.7. The van der Waals surface area contributed by atoms with Gasteiger partial charge >= 0.3 is 0 Å².